The van der Waals surface area contributed by atoms with Gasteiger partial charge in [0.1, 0.15) is 6.20 Å². The van der Waals surface area contributed by atoms with E-state index in [1.165, 1.54) is 31.9 Å². The third-order valence-electron chi connectivity index (χ3n) is 2.33. The molecule has 0 amide bonds. The first-order valence-corrected chi connectivity index (χ1v) is 5.42. The Balaban J connectivity index is 2.23. The normalized spacial score (nSPS) is 10.5. The molecule has 0 spiro atoms. The molecule has 1 N–H and O–H groups in total. The van der Waals surface area contributed by atoms with E-state index >= 15 is 0 Å². The highest BCUT2D eigenvalue weighted by Gasteiger charge is 2.08. The van der Waals surface area contributed by atoms with E-state index in [1.807, 2.05) is 0 Å². The van der Waals surface area contributed by atoms with Crippen molar-refractivity contribution in [2.75, 3.05) is 0 Å². The van der Waals surface area contributed by atoms with E-state index in [4.69, 9.17) is 0 Å². The Hall–Kier alpha value is -1.39. The zero-order valence-corrected chi connectivity index (χ0v) is 9.03. The molecule has 1 rings (SSSR count). The Morgan fingerprint density at radius 1 is 1.40 bits per heavy atom. The maximum absolute atomic E-state index is 10.4. The van der Waals surface area contributed by atoms with E-state index in [2.05, 4.69) is 16.9 Å². The SMILES string of the molecule is CCCCCCCc1ncc([N+](=O)[O-])[nH]1. The Kier molecular flexibility index (Phi) is 4.80. The van der Waals surface area contributed by atoms with Gasteiger partial charge in [0.25, 0.3) is 0 Å². The summed E-state index contributed by atoms with van der Waals surface area (Å²) in [6, 6.07) is 0. The van der Waals surface area contributed by atoms with Crippen LogP contribution in [0, 0.1) is 10.1 Å². The van der Waals surface area contributed by atoms with Gasteiger partial charge in [-0.25, -0.2) is 9.97 Å². The fraction of sp³-hybridized carbons (Fsp3) is 0.700. The van der Waals surface area contributed by atoms with Gasteiger partial charge in [0.2, 0.25) is 0 Å². The van der Waals surface area contributed by atoms with Crippen molar-refractivity contribution in [2.45, 2.75) is 45.4 Å². The summed E-state index contributed by atoms with van der Waals surface area (Å²) in [6.07, 6.45) is 8.02. The van der Waals surface area contributed by atoms with Gasteiger partial charge in [-0.05, 0) is 11.3 Å². The molecule has 0 saturated heterocycles. The van der Waals surface area contributed by atoms with Gasteiger partial charge >= 0.3 is 5.82 Å². The van der Waals surface area contributed by atoms with Crippen molar-refractivity contribution in [1.82, 2.24) is 9.97 Å². The highest BCUT2D eigenvalue weighted by atomic mass is 16.6. The van der Waals surface area contributed by atoms with Crippen molar-refractivity contribution in [1.29, 1.82) is 0 Å². The number of nitrogens with zero attached hydrogens (tertiary/aromatic N) is 2. The lowest BCUT2D eigenvalue weighted by Gasteiger charge is -1.95. The van der Waals surface area contributed by atoms with Crippen LogP contribution >= 0.6 is 0 Å². The van der Waals surface area contributed by atoms with Crippen LogP contribution in [0.25, 0.3) is 0 Å². The lowest BCUT2D eigenvalue weighted by Crippen LogP contribution is -1.90. The molecule has 0 aliphatic carbocycles. The van der Waals surface area contributed by atoms with Crippen LogP contribution in [0.15, 0.2) is 6.20 Å². The molecule has 1 heterocycles. The largest absolute Gasteiger partial charge is 0.358 e. The quantitative estimate of drug-likeness (QED) is 0.428. The highest BCUT2D eigenvalue weighted by molar-refractivity contribution is 5.14. The Labute approximate surface area is 89.1 Å². The smallest absolute Gasteiger partial charge is 0.340 e. The molecular formula is C10H17N3O2. The lowest BCUT2D eigenvalue weighted by molar-refractivity contribution is -0.389. The molecule has 15 heavy (non-hydrogen) atoms. The Bertz CT molecular complexity index is 309. The van der Waals surface area contributed by atoms with Crippen LogP contribution in [0.5, 0.6) is 0 Å². The molecule has 0 saturated carbocycles. The molecule has 0 aromatic carbocycles. The highest BCUT2D eigenvalue weighted by Crippen LogP contribution is 2.10. The van der Waals surface area contributed by atoms with E-state index in [9.17, 15) is 10.1 Å². The van der Waals surface area contributed by atoms with E-state index < -0.39 is 4.92 Å². The van der Waals surface area contributed by atoms with Gasteiger partial charge in [0, 0.05) is 6.42 Å². The summed E-state index contributed by atoms with van der Waals surface area (Å²) in [5.41, 5.74) is 0. The summed E-state index contributed by atoms with van der Waals surface area (Å²) in [6.45, 7) is 2.18. The summed E-state index contributed by atoms with van der Waals surface area (Å²) in [7, 11) is 0. The average molecular weight is 211 g/mol. The minimum absolute atomic E-state index is 0.0152. The molecule has 0 aliphatic heterocycles. The number of hydrogen-bond acceptors (Lipinski definition) is 3. The predicted octanol–water partition coefficient (Wildman–Crippen LogP) is 2.83. The van der Waals surface area contributed by atoms with Gasteiger partial charge in [-0.15, -0.1) is 0 Å². The molecule has 0 atom stereocenters. The molecule has 84 valence electrons. The number of nitro groups is 1. The van der Waals surface area contributed by atoms with E-state index in [-0.39, 0.29) is 5.82 Å². The van der Waals surface area contributed by atoms with E-state index in [1.54, 1.807) is 0 Å². The van der Waals surface area contributed by atoms with Crippen molar-refractivity contribution in [3.8, 4) is 0 Å². The van der Waals surface area contributed by atoms with Gasteiger partial charge in [-0.1, -0.05) is 32.6 Å². The number of imidazole rings is 1. The van der Waals surface area contributed by atoms with Crippen LogP contribution < -0.4 is 0 Å². The summed E-state index contributed by atoms with van der Waals surface area (Å²) in [4.78, 5) is 16.6. The van der Waals surface area contributed by atoms with Crippen LogP contribution in [0.3, 0.4) is 0 Å². The van der Waals surface area contributed by atoms with Gasteiger partial charge < -0.3 is 10.1 Å². The summed E-state index contributed by atoms with van der Waals surface area (Å²) < 4.78 is 0. The topological polar surface area (TPSA) is 71.8 Å². The molecule has 1 aromatic rings. The second kappa shape index (κ2) is 6.16. The molecule has 1 aromatic heterocycles. The van der Waals surface area contributed by atoms with Crippen LogP contribution in [0.2, 0.25) is 0 Å². The molecular weight excluding hydrogens is 194 g/mol. The van der Waals surface area contributed by atoms with E-state index in [0.717, 1.165) is 18.7 Å². The third-order valence-corrected chi connectivity index (χ3v) is 2.33. The lowest BCUT2D eigenvalue weighted by atomic mass is 10.1. The Morgan fingerprint density at radius 3 is 2.73 bits per heavy atom. The maximum Gasteiger partial charge on any atom is 0.340 e. The fourth-order valence-electron chi connectivity index (χ4n) is 1.47. The van der Waals surface area contributed by atoms with Crippen LogP contribution in [0.4, 0.5) is 5.82 Å². The zero-order valence-electron chi connectivity index (χ0n) is 9.03. The number of unbranched alkanes of at least 4 members (excludes halogenated alkanes) is 4. The average Bonchev–Trinajstić information content (AvgIpc) is 2.66. The van der Waals surface area contributed by atoms with Crippen LogP contribution in [-0.4, -0.2) is 14.9 Å². The van der Waals surface area contributed by atoms with Gasteiger partial charge in [0.05, 0.1) is 0 Å². The van der Waals surface area contributed by atoms with Gasteiger partial charge in [-0.3, -0.25) is 0 Å². The summed E-state index contributed by atoms with van der Waals surface area (Å²) in [5.74, 6) is 0.705. The maximum atomic E-state index is 10.4. The predicted molar refractivity (Wildman–Crippen MR) is 57.7 cm³/mol. The zero-order chi connectivity index (χ0) is 11.1. The van der Waals surface area contributed by atoms with E-state index in [0.29, 0.717) is 0 Å². The fourth-order valence-corrected chi connectivity index (χ4v) is 1.47. The number of aromatic nitrogens is 2. The number of aromatic amines is 1. The third kappa shape index (κ3) is 4.10. The van der Waals surface area contributed by atoms with Crippen molar-refractivity contribution < 1.29 is 4.92 Å². The van der Waals surface area contributed by atoms with Crippen LogP contribution in [0.1, 0.15) is 44.9 Å². The summed E-state index contributed by atoms with van der Waals surface area (Å²) in [5, 5.41) is 10.4. The second-order valence-corrected chi connectivity index (χ2v) is 3.64. The van der Waals surface area contributed by atoms with Gasteiger partial charge in [-0.2, -0.15) is 0 Å². The first-order valence-electron chi connectivity index (χ1n) is 5.42. The molecule has 0 aliphatic rings. The first-order chi connectivity index (χ1) is 7.24. The molecule has 5 heteroatoms. The second-order valence-electron chi connectivity index (χ2n) is 3.64. The number of aryl methyl sites for hydroxylation is 1. The first kappa shape index (κ1) is 11.7. The monoisotopic (exact) mass is 211 g/mol. The van der Waals surface area contributed by atoms with Crippen molar-refractivity contribution in [2.24, 2.45) is 0 Å². The minimum atomic E-state index is -0.451. The molecule has 0 radical (unpaired) electrons. The number of rotatable bonds is 7. The Morgan fingerprint density at radius 2 is 2.13 bits per heavy atom. The minimum Gasteiger partial charge on any atom is -0.358 e. The van der Waals surface area contributed by atoms with Crippen molar-refractivity contribution in [3.63, 3.8) is 0 Å². The summed E-state index contributed by atoms with van der Waals surface area (Å²) >= 11 is 0. The number of H-pyrrole nitrogens is 1. The molecule has 0 unspecified atom stereocenters. The molecule has 5 nitrogen and oxygen atoms in total. The standard InChI is InChI=1S/C10H17N3O2/c1-2-3-4-5-6-7-9-11-8-10(12-9)13(14)15/h8H,2-7H2,1H3,(H,11,12). The number of hydrogen-bond donors (Lipinski definition) is 1. The van der Waals surface area contributed by atoms with Crippen LogP contribution in [-0.2, 0) is 6.42 Å². The molecule has 0 bridgehead atoms. The van der Waals surface area contributed by atoms with Gasteiger partial charge in [0.15, 0.2) is 5.82 Å². The van der Waals surface area contributed by atoms with Crippen molar-refractivity contribution in [3.05, 3.63) is 22.1 Å². The number of nitrogens with one attached hydrogen (secondary N) is 1. The van der Waals surface area contributed by atoms with Crippen molar-refractivity contribution >= 4 is 5.82 Å². The molecule has 0 fully saturated rings.